The van der Waals surface area contributed by atoms with Crippen LogP contribution in [-0.2, 0) is 0 Å². The Kier molecular flexibility index (Phi) is 3.02. The van der Waals surface area contributed by atoms with E-state index in [-0.39, 0.29) is 0 Å². The maximum atomic E-state index is 8.16. The Labute approximate surface area is 90.2 Å². The van der Waals surface area contributed by atoms with Crippen molar-refractivity contribution in [2.24, 2.45) is 5.92 Å². The average molecular weight is 203 g/mol. The van der Waals surface area contributed by atoms with Crippen LogP contribution in [0.25, 0.3) is 0 Å². The number of rotatable bonds is 2. The number of nitrogens with one attached hydrogen (secondary N) is 2. The van der Waals surface area contributed by atoms with Crippen LogP contribution in [0, 0.1) is 11.3 Å². The molecule has 0 saturated carbocycles. The molecule has 0 aliphatic carbocycles. The Morgan fingerprint density at radius 1 is 1.27 bits per heavy atom. The molecule has 1 saturated heterocycles. The van der Waals surface area contributed by atoms with E-state index in [1.165, 1.54) is 0 Å². The number of anilines is 1. The second-order valence-electron chi connectivity index (χ2n) is 4.03. The highest BCUT2D eigenvalue weighted by Crippen LogP contribution is 2.21. The van der Waals surface area contributed by atoms with Gasteiger partial charge in [-0.25, -0.2) is 0 Å². The first-order valence-electron chi connectivity index (χ1n) is 5.43. The zero-order valence-electron chi connectivity index (χ0n) is 8.79. The third-order valence-electron chi connectivity index (χ3n) is 3.00. The van der Waals surface area contributed by atoms with Gasteiger partial charge in [0.15, 0.2) is 0 Å². The summed E-state index contributed by atoms with van der Waals surface area (Å²) in [4.78, 5) is 0. The maximum absolute atomic E-state index is 8.16. The van der Waals surface area contributed by atoms with Crippen LogP contribution in [0.3, 0.4) is 0 Å². The largest absolute Gasteiger partial charge is 0.398 e. The van der Waals surface area contributed by atoms with Gasteiger partial charge in [0.2, 0.25) is 0 Å². The van der Waals surface area contributed by atoms with Crippen LogP contribution in [0.5, 0.6) is 0 Å². The van der Waals surface area contributed by atoms with Crippen LogP contribution in [0.15, 0.2) is 24.3 Å². The first-order chi connectivity index (χ1) is 7.29. The Balaban J connectivity index is 2.16. The molecule has 1 aromatic carbocycles. The average Bonchev–Trinajstić information content (AvgIpc) is 2.30. The standard InChI is InChI=1S/C12H17N3/c13-11-4-2-1-3-10(11)12(14)9-5-7-15-8-6-9/h1-4,9,14-15H,5-8,13H2. The molecular formula is C12H17N3. The molecule has 0 amide bonds. The Hall–Kier alpha value is -1.35. The Morgan fingerprint density at radius 2 is 1.93 bits per heavy atom. The molecule has 0 spiro atoms. The van der Waals surface area contributed by atoms with Gasteiger partial charge in [0.05, 0.1) is 0 Å². The topological polar surface area (TPSA) is 61.9 Å². The van der Waals surface area contributed by atoms with Gasteiger partial charge in [-0.15, -0.1) is 0 Å². The number of hydrogen-bond donors (Lipinski definition) is 3. The molecule has 80 valence electrons. The van der Waals surface area contributed by atoms with Gasteiger partial charge in [0, 0.05) is 22.9 Å². The van der Waals surface area contributed by atoms with Gasteiger partial charge in [-0.2, -0.15) is 0 Å². The molecular weight excluding hydrogens is 186 g/mol. The van der Waals surface area contributed by atoms with Crippen molar-refractivity contribution in [1.82, 2.24) is 5.32 Å². The van der Waals surface area contributed by atoms with Crippen molar-refractivity contribution < 1.29 is 0 Å². The first kappa shape index (κ1) is 10.2. The molecule has 1 fully saturated rings. The van der Waals surface area contributed by atoms with E-state index in [9.17, 15) is 0 Å². The predicted molar refractivity (Wildman–Crippen MR) is 63.3 cm³/mol. The van der Waals surface area contributed by atoms with Gasteiger partial charge >= 0.3 is 0 Å². The number of nitrogens with two attached hydrogens (primary N) is 1. The summed E-state index contributed by atoms with van der Waals surface area (Å²) in [7, 11) is 0. The van der Waals surface area contributed by atoms with Crippen molar-refractivity contribution in [2.45, 2.75) is 12.8 Å². The first-order valence-corrected chi connectivity index (χ1v) is 5.43. The zero-order valence-corrected chi connectivity index (χ0v) is 8.79. The van der Waals surface area contributed by atoms with Crippen molar-refractivity contribution in [3.8, 4) is 0 Å². The summed E-state index contributed by atoms with van der Waals surface area (Å²) in [5.41, 5.74) is 8.21. The van der Waals surface area contributed by atoms with Gasteiger partial charge in [-0.1, -0.05) is 18.2 Å². The SMILES string of the molecule is N=C(c1ccccc1N)C1CCNCC1. The number of para-hydroxylation sites is 1. The van der Waals surface area contributed by atoms with Crippen LogP contribution >= 0.6 is 0 Å². The summed E-state index contributed by atoms with van der Waals surface area (Å²) >= 11 is 0. The van der Waals surface area contributed by atoms with E-state index >= 15 is 0 Å². The highest BCUT2D eigenvalue weighted by atomic mass is 14.9. The van der Waals surface area contributed by atoms with Gasteiger partial charge in [-0.3, -0.25) is 0 Å². The van der Waals surface area contributed by atoms with Crippen LogP contribution < -0.4 is 11.1 Å². The maximum Gasteiger partial charge on any atom is 0.0438 e. The van der Waals surface area contributed by atoms with Gasteiger partial charge < -0.3 is 16.5 Å². The molecule has 3 heteroatoms. The fourth-order valence-electron chi connectivity index (χ4n) is 2.07. The number of nitrogen functional groups attached to an aromatic ring is 1. The second kappa shape index (κ2) is 4.45. The van der Waals surface area contributed by atoms with E-state index in [0.717, 1.165) is 37.2 Å². The number of hydrogen-bond acceptors (Lipinski definition) is 3. The zero-order chi connectivity index (χ0) is 10.7. The monoisotopic (exact) mass is 203 g/mol. The lowest BCUT2D eigenvalue weighted by atomic mass is 9.88. The minimum Gasteiger partial charge on any atom is -0.398 e. The highest BCUT2D eigenvalue weighted by Gasteiger charge is 2.19. The van der Waals surface area contributed by atoms with Crippen LogP contribution in [0.1, 0.15) is 18.4 Å². The van der Waals surface area contributed by atoms with Crippen molar-refractivity contribution in [1.29, 1.82) is 5.41 Å². The summed E-state index contributed by atoms with van der Waals surface area (Å²) < 4.78 is 0. The Bertz CT molecular complexity index is 354. The number of piperidine rings is 1. The summed E-state index contributed by atoms with van der Waals surface area (Å²) in [6, 6.07) is 7.67. The van der Waals surface area contributed by atoms with Crippen molar-refractivity contribution in [3.05, 3.63) is 29.8 Å². The molecule has 1 heterocycles. The molecule has 0 aromatic heterocycles. The molecule has 0 bridgehead atoms. The summed E-state index contributed by atoms with van der Waals surface area (Å²) in [6.07, 6.45) is 2.10. The fraction of sp³-hybridized carbons (Fsp3) is 0.417. The minimum absolute atomic E-state index is 0.371. The van der Waals surface area contributed by atoms with E-state index in [1.807, 2.05) is 24.3 Å². The van der Waals surface area contributed by atoms with E-state index < -0.39 is 0 Å². The molecule has 0 atom stereocenters. The lowest BCUT2D eigenvalue weighted by Crippen LogP contribution is -2.32. The van der Waals surface area contributed by atoms with Crippen LogP contribution in [0.2, 0.25) is 0 Å². The van der Waals surface area contributed by atoms with Gasteiger partial charge in [0.25, 0.3) is 0 Å². The molecule has 0 radical (unpaired) electrons. The molecule has 4 N–H and O–H groups in total. The van der Waals surface area contributed by atoms with Gasteiger partial charge in [0.1, 0.15) is 0 Å². The summed E-state index contributed by atoms with van der Waals surface area (Å²) in [5, 5.41) is 11.5. The quantitative estimate of drug-likeness (QED) is 0.505. The predicted octanol–water partition coefficient (Wildman–Crippen LogP) is 1.64. The Morgan fingerprint density at radius 3 is 2.60 bits per heavy atom. The molecule has 1 aliphatic rings. The van der Waals surface area contributed by atoms with E-state index in [4.69, 9.17) is 11.1 Å². The smallest absolute Gasteiger partial charge is 0.0438 e. The van der Waals surface area contributed by atoms with E-state index in [0.29, 0.717) is 11.6 Å². The summed E-state index contributed by atoms with van der Waals surface area (Å²) in [5.74, 6) is 0.371. The normalized spacial score (nSPS) is 17.6. The van der Waals surface area contributed by atoms with Gasteiger partial charge in [-0.05, 0) is 32.0 Å². The molecule has 15 heavy (non-hydrogen) atoms. The fourth-order valence-corrected chi connectivity index (χ4v) is 2.07. The van der Waals surface area contributed by atoms with Crippen molar-refractivity contribution in [3.63, 3.8) is 0 Å². The van der Waals surface area contributed by atoms with Crippen LogP contribution in [0.4, 0.5) is 5.69 Å². The van der Waals surface area contributed by atoms with E-state index in [2.05, 4.69) is 5.32 Å². The lowest BCUT2D eigenvalue weighted by Gasteiger charge is -2.24. The molecule has 1 aromatic rings. The molecule has 0 unspecified atom stereocenters. The minimum atomic E-state index is 0.371. The third-order valence-corrected chi connectivity index (χ3v) is 3.00. The lowest BCUT2D eigenvalue weighted by molar-refractivity contribution is 0.456. The summed E-state index contributed by atoms with van der Waals surface area (Å²) in [6.45, 7) is 2.03. The molecule has 1 aliphatic heterocycles. The van der Waals surface area contributed by atoms with Crippen molar-refractivity contribution in [2.75, 3.05) is 18.8 Å². The van der Waals surface area contributed by atoms with E-state index in [1.54, 1.807) is 0 Å². The van der Waals surface area contributed by atoms with Crippen molar-refractivity contribution >= 4 is 11.4 Å². The number of benzene rings is 1. The highest BCUT2D eigenvalue weighted by molar-refractivity contribution is 6.04. The second-order valence-corrected chi connectivity index (χ2v) is 4.03. The molecule has 2 rings (SSSR count). The molecule has 3 nitrogen and oxygen atoms in total. The van der Waals surface area contributed by atoms with Crippen LogP contribution in [-0.4, -0.2) is 18.8 Å². The third kappa shape index (κ3) is 2.18.